The molecule has 3 aromatic rings. The number of carbonyl (C=O) groups is 1. The van der Waals surface area contributed by atoms with Gasteiger partial charge in [-0.05, 0) is 47.0 Å². The summed E-state index contributed by atoms with van der Waals surface area (Å²) in [4.78, 5) is 11.4. The molecule has 0 aliphatic heterocycles. The molecule has 0 spiro atoms. The molecule has 22 heavy (non-hydrogen) atoms. The minimum Gasteiger partial charge on any atom is -0.457 e. The van der Waals surface area contributed by atoms with E-state index in [2.05, 4.69) is 12.1 Å². The average molecular weight is 309 g/mol. The van der Waals surface area contributed by atoms with Gasteiger partial charge < -0.3 is 4.74 Å². The largest absolute Gasteiger partial charge is 0.457 e. The molecule has 0 aliphatic rings. The van der Waals surface area contributed by atoms with Gasteiger partial charge in [0.25, 0.3) is 5.24 Å². The molecule has 0 saturated carbocycles. The zero-order chi connectivity index (χ0) is 15.4. The number of ether oxygens (including phenoxy) is 1. The molecule has 0 bridgehead atoms. The molecule has 0 heterocycles. The summed E-state index contributed by atoms with van der Waals surface area (Å²) in [6.07, 6.45) is 0. The summed E-state index contributed by atoms with van der Waals surface area (Å²) in [5.74, 6) is 1.11. The van der Waals surface area contributed by atoms with Crippen molar-refractivity contribution in [2.75, 3.05) is 0 Å². The Labute approximate surface area is 133 Å². The molecule has 0 unspecified atom stereocenters. The van der Waals surface area contributed by atoms with Crippen molar-refractivity contribution >= 4 is 16.8 Å². The number of para-hydroxylation sites is 1. The number of rotatable bonds is 4. The second-order valence-corrected chi connectivity index (χ2v) is 5.11. The van der Waals surface area contributed by atoms with Crippen LogP contribution >= 0.6 is 11.6 Å². The van der Waals surface area contributed by atoms with E-state index in [0.717, 1.165) is 11.1 Å². The summed E-state index contributed by atoms with van der Waals surface area (Å²) in [7, 11) is 0. The van der Waals surface area contributed by atoms with Crippen molar-refractivity contribution < 1.29 is 9.53 Å². The van der Waals surface area contributed by atoms with Gasteiger partial charge >= 0.3 is 0 Å². The molecular weight excluding hydrogens is 296 g/mol. The fourth-order valence-corrected chi connectivity index (χ4v) is 2.35. The molecule has 0 saturated heterocycles. The molecule has 3 rings (SSSR count). The number of benzene rings is 3. The van der Waals surface area contributed by atoms with Gasteiger partial charge in [0.2, 0.25) is 0 Å². The van der Waals surface area contributed by atoms with Crippen LogP contribution in [0, 0.1) is 0 Å². The summed E-state index contributed by atoms with van der Waals surface area (Å²) in [5, 5.41) is -0.531. The first-order valence-electron chi connectivity index (χ1n) is 6.86. The highest BCUT2D eigenvalue weighted by atomic mass is 35.5. The number of carbonyl (C=O) groups excluding carboxylic acids is 1. The maximum Gasteiger partial charge on any atom is 0.256 e. The summed E-state index contributed by atoms with van der Waals surface area (Å²) < 4.78 is 5.76. The second kappa shape index (κ2) is 6.46. The first kappa shape index (κ1) is 14.4. The molecule has 0 atom stereocenters. The summed E-state index contributed by atoms with van der Waals surface area (Å²) in [6, 6.07) is 24.7. The second-order valence-electron chi connectivity index (χ2n) is 4.76. The van der Waals surface area contributed by atoms with Gasteiger partial charge in [-0.3, -0.25) is 4.79 Å². The molecule has 0 amide bonds. The highest BCUT2D eigenvalue weighted by Crippen LogP contribution is 2.28. The summed E-state index contributed by atoms with van der Waals surface area (Å²) in [5.41, 5.74) is 2.61. The van der Waals surface area contributed by atoms with E-state index in [1.807, 2.05) is 42.5 Å². The van der Waals surface area contributed by atoms with Crippen LogP contribution in [0.2, 0.25) is 0 Å². The SMILES string of the molecule is O=C(Cl)c1ccccc1Oc1ccc(-c2ccccc2)cc1. The molecule has 0 N–H and O–H groups in total. The van der Waals surface area contributed by atoms with Gasteiger partial charge in [-0.2, -0.15) is 0 Å². The quantitative estimate of drug-likeness (QED) is 0.593. The fourth-order valence-electron chi connectivity index (χ4n) is 2.19. The molecule has 108 valence electrons. The third-order valence-corrected chi connectivity index (χ3v) is 3.49. The van der Waals surface area contributed by atoms with Gasteiger partial charge in [0.05, 0.1) is 5.56 Å². The van der Waals surface area contributed by atoms with Gasteiger partial charge in [0.15, 0.2) is 0 Å². The van der Waals surface area contributed by atoms with E-state index < -0.39 is 5.24 Å². The van der Waals surface area contributed by atoms with Crippen molar-refractivity contribution in [1.29, 1.82) is 0 Å². The lowest BCUT2D eigenvalue weighted by Crippen LogP contribution is -1.94. The Morgan fingerprint density at radius 1 is 0.727 bits per heavy atom. The van der Waals surface area contributed by atoms with Crippen LogP contribution in [-0.4, -0.2) is 5.24 Å². The normalized spacial score (nSPS) is 10.2. The molecule has 0 aromatic heterocycles. The lowest BCUT2D eigenvalue weighted by molar-refractivity contribution is 0.107. The average Bonchev–Trinajstić information content (AvgIpc) is 2.57. The van der Waals surface area contributed by atoms with Crippen molar-refractivity contribution in [3.05, 3.63) is 84.4 Å². The molecule has 3 aromatic carbocycles. The van der Waals surface area contributed by atoms with Gasteiger partial charge in [-0.15, -0.1) is 0 Å². The van der Waals surface area contributed by atoms with E-state index in [4.69, 9.17) is 16.3 Å². The predicted molar refractivity (Wildman–Crippen MR) is 88.6 cm³/mol. The van der Waals surface area contributed by atoms with E-state index in [0.29, 0.717) is 17.1 Å². The molecule has 0 aliphatic carbocycles. The fraction of sp³-hybridized carbons (Fsp3) is 0. The first-order valence-corrected chi connectivity index (χ1v) is 7.24. The maximum absolute atomic E-state index is 11.4. The lowest BCUT2D eigenvalue weighted by Gasteiger charge is -2.09. The molecule has 2 nitrogen and oxygen atoms in total. The molecule has 3 heteroatoms. The molecular formula is C19H13ClO2. The van der Waals surface area contributed by atoms with Crippen LogP contribution in [-0.2, 0) is 0 Å². The van der Waals surface area contributed by atoms with Gasteiger partial charge in [0.1, 0.15) is 11.5 Å². The van der Waals surface area contributed by atoms with Crippen molar-refractivity contribution in [2.24, 2.45) is 0 Å². The lowest BCUT2D eigenvalue weighted by atomic mass is 10.1. The van der Waals surface area contributed by atoms with Crippen molar-refractivity contribution in [3.63, 3.8) is 0 Å². The van der Waals surface area contributed by atoms with E-state index in [9.17, 15) is 4.79 Å². The predicted octanol–water partition coefficient (Wildman–Crippen LogP) is 5.52. The van der Waals surface area contributed by atoms with Crippen LogP contribution in [0.3, 0.4) is 0 Å². The minimum absolute atomic E-state index is 0.358. The van der Waals surface area contributed by atoms with Gasteiger partial charge in [-0.25, -0.2) is 0 Å². The van der Waals surface area contributed by atoms with Gasteiger partial charge in [0, 0.05) is 0 Å². The van der Waals surface area contributed by atoms with Crippen LogP contribution in [0.5, 0.6) is 11.5 Å². The third kappa shape index (κ3) is 3.18. The summed E-state index contributed by atoms with van der Waals surface area (Å²) >= 11 is 5.56. The van der Waals surface area contributed by atoms with Gasteiger partial charge in [-0.1, -0.05) is 54.6 Å². The van der Waals surface area contributed by atoms with E-state index >= 15 is 0 Å². The van der Waals surface area contributed by atoms with Crippen LogP contribution in [0.15, 0.2) is 78.9 Å². The zero-order valence-corrected chi connectivity index (χ0v) is 12.5. The molecule has 0 fully saturated rings. The molecule has 0 radical (unpaired) electrons. The van der Waals surface area contributed by atoms with E-state index in [1.165, 1.54) is 0 Å². The monoisotopic (exact) mass is 308 g/mol. The third-order valence-electron chi connectivity index (χ3n) is 3.29. The minimum atomic E-state index is -0.531. The van der Waals surface area contributed by atoms with E-state index in [1.54, 1.807) is 24.3 Å². The van der Waals surface area contributed by atoms with Crippen molar-refractivity contribution in [3.8, 4) is 22.6 Å². The highest BCUT2D eigenvalue weighted by molar-refractivity contribution is 6.68. The Bertz CT molecular complexity index is 780. The topological polar surface area (TPSA) is 26.3 Å². The van der Waals surface area contributed by atoms with Crippen molar-refractivity contribution in [2.45, 2.75) is 0 Å². The number of hydrogen-bond acceptors (Lipinski definition) is 2. The Morgan fingerprint density at radius 2 is 1.32 bits per heavy atom. The van der Waals surface area contributed by atoms with Crippen LogP contribution in [0.1, 0.15) is 10.4 Å². The summed E-state index contributed by atoms with van der Waals surface area (Å²) in [6.45, 7) is 0. The van der Waals surface area contributed by atoms with Crippen LogP contribution < -0.4 is 4.74 Å². The zero-order valence-electron chi connectivity index (χ0n) is 11.7. The van der Waals surface area contributed by atoms with Crippen LogP contribution in [0.4, 0.5) is 0 Å². The first-order chi connectivity index (χ1) is 10.7. The van der Waals surface area contributed by atoms with Crippen molar-refractivity contribution in [1.82, 2.24) is 0 Å². The van der Waals surface area contributed by atoms with E-state index in [-0.39, 0.29) is 0 Å². The Morgan fingerprint density at radius 3 is 2.00 bits per heavy atom. The smallest absolute Gasteiger partial charge is 0.256 e. The Hall–Kier alpha value is -2.58. The number of hydrogen-bond donors (Lipinski definition) is 0. The number of halogens is 1. The standard InChI is InChI=1S/C19H13ClO2/c20-19(21)17-8-4-5-9-18(17)22-16-12-10-15(11-13-16)14-6-2-1-3-7-14/h1-13H. The Balaban J connectivity index is 1.84. The Kier molecular flexibility index (Phi) is 4.22. The highest BCUT2D eigenvalue weighted by Gasteiger charge is 2.10. The van der Waals surface area contributed by atoms with Crippen LogP contribution in [0.25, 0.3) is 11.1 Å². The maximum atomic E-state index is 11.4.